The Morgan fingerprint density at radius 3 is 2.76 bits per heavy atom. The predicted molar refractivity (Wildman–Crippen MR) is 86.7 cm³/mol. The van der Waals surface area contributed by atoms with Crippen LogP contribution in [-0.2, 0) is 4.74 Å². The van der Waals surface area contributed by atoms with Crippen molar-refractivity contribution in [2.24, 2.45) is 0 Å². The summed E-state index contributed by atoms with van der Waals surface area (Å²) in [5.41, 5.74) is 1.74. The van der Waals surface area contributed by atoms with Crippen molar-refractivity contribution in [1.82, 2.24) is 0 Å². The van der Waals surface area contributed by atoms with E-state index in [9.17, 15) is 4.79 Å². The minimum absolute atomic E-state index is 0.522. The highest BCUT2D eigenvalue weighted by atomic mass is 79.9. The minimum Gasteiger partial charge on any atom is -0.474 e. The van der Waals surface area contributed by atoms with Crippen molar-refractivity contribution in [1.29, 1.82) is 0 Å². The molecule has 1 aromatic carbocycles. The summed E-state index contributed by atoms with van der Waals surface area (Å²) < 4.78 is 12.4. The highest BCUT2D eigenvalue weighted by molar-refractivity contribution is 9.11. The first kappa shape index (κ1) is 15.6. The molecule has 2 rings (SSSR count). The molecule has 21 heavy (non-hydrogen) atoms. The molecule has 1 heterocycles. The topological polar surface area (TPSA) is 35.5 Å². The number of aryl methyl sites for hydroxylation is 1. The number of benzene rings is 1. The van der Waals surface area contributed by atoms with Gasteiger partial charge >= 0.3 is 0 Å². The molecule has 1 aromatic rings. The van der Waals surface area contributed by atoms with Crippen LogP contribution in [0.3, 0.4) is 0 Å². The van der Waals surface area contributed by atoms with Gasteiger partial charge in [0.15, 0.2) is 17.6 Å². The molecule has 3 nitrogen and oxygen atoms in total. The Balaban J connectivity index is 2.51. The molecule has 0 radical (unpaired) electrons. The lowest BCUT2D eigenvalue weighted by atomic mass is 10.0. The van der Waals surface area contributed by atoms with E-state index in [1.165, 1.54) is 0 Å². The third-order valence-corrected chi connectivity index (χ3v) is 4.25. The fourth-order valence-electron chi connectivity index (χ4n) is 2.14. The van der Waals surface area contributed by atoms with Crippen molar-refractivity contribution < 1.29 is 14.3 Å². The Labute approximate surface area is 133 Å². The van der Waals surface area contributed by atoms with Gasteiger partial charge in [-0.3, -0.25) is 4.79 Å². The summed E-state index contributed by atoms with van der Waals surface area (Å²) in [4.78, 5) is 11.3. The summed E-state index contributed by atoms with van der Waals surface area (Å²) >= 11 is 3.41. The zero-order chi connectivity index (χ0) is 15.6. The monoisotopic (exact) mass is 348 g/mol. The summed E-state index contributed by atoms with van der Waals surface area (Å²) in [6.07, 6.45) is 5.83. The maximum atomic E-state index is 11.3. The first-order valence-electron chi connectivity index (χ1n) is 6.54. The molecule has 1 unspecified atom stereocenters. The van der Waals surface area contributed by atoms with Gasteiger partial charge in [0, 0.05) is 6.08 Å². The normalized spacial score (nSPS) is 22.7. The number of allylic oxidation sites excluding steroid dienone is 2. The second-order valence-electron chi connectivity index (χ2n) is 5.05. The molecule has 110 valence electrons. The SMILES string of the molecule is C=C/C(Br)=C1/OC=CC1(C)Oc1c(C=O)ccc(C)c1C. The highest BCUT2D eigenvalue weighted by Crippen LogP contribution is 2.38. The molecule has 1 atom stereocenters. The van der Waals surface area contributed by atoms with Crippen molar-refractivity contribution >= 4 is 22.2 Å². The van der Waals surface area contributed by atoms with Crippen LogP contribution in [0.1, 0.15) is 28.4 Å². The predicted octanol–water partition coefficient (Wildman–Crippen LogP) is 4.59. The standard InChI is InChI=1S/C17H17BrO3/c1-5-14(18)16-17(4,8-9-20-16)21-15-12(3)11(2)6-7-13(15)10-19/h5-10H,1H2,2-4H3/b16-14-. The van der Waals surface area contributed by atoms with Crippen molar-refractivity contribution in [3.8, 4) is 5.75 Å². The zero-order valence-electron chi connectivity index (χ0n) is 12.3. The molecule has 1 aliphatic heterocycles. The van der Waals surface area contributed by atoms with Gasteiger partial charge in [-0.15, -0.1) is 0 Å². The lowest BCUT2D eigenvalue weighted by molar-refractivity contribution is 0.110. The number of hydrogen-bond acceptors (Lipinski definition) is 3. The third kappa shape index (κ3) is 2.81. The number of carbonyl (C=O) groups is 1. The van der Waals surface area contributed by atoms with Crippen LogP contribution in [0.5, 0.6) is 5.75 Å². The summed E-state index contributed by atoms with van der Waals surface area (Å²) in [7, 11) is 0. The first-order valence-corrected chi connectivity index (χ1v) is 7.33. The van der Waals surface area contributed by atoms with E-state index in [4.69, 9.17) is 9.47 Å². The maximum absolute atomic E-state index is 11.3. The molecule has 0 saturated carbocycles. The summed E-state index contributed by atoms with van der Waals surface area (Å²) in [5, 5.41) is 0. The molecule has 0 bridgehead atoms. The number of ether oxygens (including phenoxy) is 2. The maximum Gasteiger partial charge on any atom is 0.186 e. The van der Waals surface area contributed by atoms with Crippen LogP contribution in [0.15, 0.2) is 47.4 Å². The number of carbonyl (C=O) groups excluding carboxylic acids is 1. The first-order chi connectivity index (χ1) is 9.92. The molecule has 0 spiro atoms. The molecule has 0 N–H and O–H groups in total. The van der Waals surface area contributed by atoms with Gasteiger partial charge in [0.1, 0.15) is 5.75 Å². The molecule has 0 aromatic heterocycles. The molecule has 1 aliphatic rings. The molecule has 0 aliphatic carbocycles. The van der Waals surface area contributed by atoms with E-state index in [1.54, 1.807) is 18.4 Å². The average molecular weight is 349 g/mol. The fourth-order valence-corrected chi connectivity index (χ4v) is 2.63. The van der Waals surface area contributed by atoms with Gasteiger partial charge in [-0.1, -0.05) is 18.7 Å². The molecule has 4 heteroatoms. The van der Waals surface area contributed by atoms with Crippen LogP contribution in [0.2, 0.25) is 0 Å². The van der Waals surface area contributed by atoms with Crippen LogP contribution in [0, 0.1) is 13.8 Å². The van der Waals surface area contributed by atoms with Crippen LogP contribution >= 0.6 is 15.9 Å². The van der Waals surface area contributed by atoms with E-state index in [1.807, 2.05) is 32.9 Å². The quantitative estimate of drug-likeness (QED) is 0.746. The summed E-state index contributed by atoms with van der Waals surface area (Å²) in [6, 6.07) is 3.67. The number of halogens is 1. The zero-order valence-corrected chi connectivity index (χ0v) is 13.9. The van der Waals surface area contributed by atoms with Crippen LogP contribution in [-0.4, -0.2) is 11.9 Å². The second kappa shape index (κ2) is 5.90. The van der Waals surface area contributed by atoms with E-state index in [-0.39, 0.29) is 0 Å². The summed E-state index contributed by atoms with van der Waals surface area (Å²) in [5.74, 6) is 1.18. The van der Waals surface area contributed by atoms with Gasteiger partial charge < -0.3 is 9.47 Å². The van der Waals surface area contributed by atoms with Gasteiger partial charge in [0.25, 0.3) is 0 Å². The molecule has 0 amide bonds. The minimum atomic E-state index is -0.788. The molecule has 0 saturated heterocycles. The van der Waals surface area contributed by atoms with Gasteiger partial charge in [-0.2, -0.15) is 0 Å². The molecular weight excluding hydrogens is 332 g/mol. The van der Waals surface area contributed by atoms with Gasteiger partial charge in [0.2, 0.25) is 0 Å². The van der Waals surface area contributed by atoms with Gasteiger partial charge in [-0.25, -0.2) is 0 Å². The lowest BCUT2D eigenvalue weighted by Crippen LogP contribution is -2.31. The summed E-state index contributed by atoms with van der Waals surface area (Å²) in [6.45, 7) is 9.52. The number of aldehydes is 1. The Morgan fingerprint density at radius 1 is 1.43 bits per heavy atom. The van der Waals surface area contributed by atoms with Crippen LogP contribution < -0.4 is 4.74 Å². The van der Waals surface area contributed by atoms with E-state index in [2.05, 4.69) is 22.5 Å². The number of hydrogen-bond donors (Lipinski definition) is 0. The van der Waals surface area contributed by atoms with Crippen molar-refractivity contribution in [3.05, 3.63) is 64.1 Å². The average Bonchev–Trinajstić information content (AvgIpc) is 2.85. The Kier molecular flexibility index (Phi) is 4.37. The Bertz CT molecular complexity index is 658. The van der Waals surface area contributed by atoms with Crippen LogP contribution in [0.4, 0.5) is 0 Å². The van der Waals surface area contributed by atoms with Gasteiger partial charge in [-0.05, 0) is 53.9 Å². The van der Waals surface area contributed by atoms with Crippen molar-refractivity contribution in [3.63, 3.8) is 0 Å². The molecule has 0 fully saturated rings. The fraction of sp³-hybridized carbons (Fsp3) is 0.235. The second-order valence-corrected chi connectivity index (χ2v) is 5.91. The van der Waals surface area contributed by atoms with E-state index < -0.39 is 5.60 Å². The lowest BCUT2D eigenvalue weighted by Gasteiger charge is -2.27. The van der Waals surface area contributed by atoms with Crippen molar-refractivity contribution in [2.75, 3.05) is 0 Å². The highest BCUT2D eigenvalue weighted by Gasteiger charge is 2.37. The van der Waals surface area contributed by atoms with Crippen LogP contribution in [0.25, 0.3) is 0 Å². The van der Waals surface area contributed by atoms with E-state index in [0.717, 1.165) is 17.4 Å². The molecular formula is C17H17BrO3. The smallest absolute Gasteiger partial charge is 0.186 e. The van der Waals surface area contributed by atoms with E-state index >= 15 is 0 Å². The largest absolute Gasteiger partial charge is 0.474 e. The van der Waals surface area contributed by atoms with Crippen molar-refractivity contribution in [2.45, 2.75) is 26.4 Å². The van der Waals surface area contributed by atoms with Gasteiger partial charge in [0.05, 0.1) is 16.3 Å². The number of rotatable bonds is 4. The Morgan fingerprint density at radius 2 is 2.14 bits per heavy atom. The Hall–Kier alpha value is -1.81. The third-order valence-electron chi connectivity index (χ3n) is 3.57. The van der Waals surface area contributed by atoms with E-state index in [0.29, 0.717) is 21.6 Å².